The monoisotopic (exact) mass is 291 g/mol. The molecule has 0 spiro atoms. The van der Waals surface area contributed by atoms with Gasteiger partial charge in [-0.05, 0) is 18.6 Å². The van der Waals surface area contributed by atoms with Crippen LogP contribution in [0.1, 0.15) is 15.9 Å². The van der Waals surface area contributed by atoms with Gasteiger partial charge in [-0.15, -0.1) is 0 Å². The SMILES string of the molecule is Cc1cncc(Nc2cc(F)c(C(=O)O)cc2[N+](=O)[O-])c1. The van der Waals surface area contributed by atoms with Crippen LogP contribution in [0.4, 0.5) is 21.5 Å². The highest BCUT2D eigenvalue weighted by Crippen LogP contribution is 2.30. The van der Waals surface area contributed by atoms with Crippen LogP contribution in [0, 0.1) is 22.9 Å². The average molecular weight is 291 g/mol. The van der Waals surface area contributed by atoms with Crippen molar-refractivity contribution >= 4 is 23.0 Å². The fraction of sp³-hybridized carbons (Fsp3) is 0.0769. The number of nitrogens with zero attached hydrogens (tertiary/aromatic N) is 2. The Morgan fingerprint density at radius 3 is 2.67 bits per heavy atom. The summed E-state index contributed by atoms with van der Waals surface area (Å²) >= 11 is 0. The van der Waals surface area contributed by atoms with Gasteiger partial charge in [0.15, 0.2) is 0 Å². The van der Waals surface area contributed by atoms with Crippen LogP contribution in [-0.2, 0) is 0 Å². The van der Waals surface area contributed by atoms with Gasteiger partial charge < -0.3 is 10.4 Å². The van der Waals surface area contributed by atoms with Gasteiger partial charge in [0.25, 0.3) is 5.69 Å². The van der Waals surface area contributed by atoms with Crippen LogP contribution >= 0.6 is 0 Å². The third-order valence-electron chi connectivity index (χ3n) is 2.67. The number of aromatic nitrogens is 1. The summed E-state index contributed by atoms with van der Waals surface area (Å²) in [6.45, 7) is 1.78. The molecule has 2 rings (SSSR count). The number of aromatic carboxylic acids is 1. The van der Waals surface area contributed by atoms with Gasteiger partial charge in [0.1, 0.15) is 17.1 Å². The topological polar surface area (TPSA) is 105 Å². The second kappa shape index (κ2) is 5.53. The lowest BCUT2D eigenvalue weighted by Crippen LogP contribution is -2.05. The highest BCUT2D eigenvalue weighted by molar-refractivity contribution is 5.90. The maximum absolute atomic E-state index is 13.7. The predicted octanol–water partition coefficient (Wildman–Crippen LogP) is 2.88. The quantitative estimate of drug-likeness (QED) is 0.662. The number of pyridine rings is 1. The van der Waals surface area contributed by atoms with Gasteiger partial charge >= 0.3 is 5.97 Å². The van der Waals surface area contributed by atoms with E-state index in [9.17, 15) is 19.3 Å². The number of carboxylic acids is 1. The Morgan fingerprint density at radius 2 is 2.10 bits per heavy atom. The van der Waals surface area contributed by atoms with E-state index in [0.717, 1.165) is 11.6 Å². The normalized spacial score (nSPS) is 10.2. The number of hydrogen-bond acceptors (Lipinski definition) is 5. The van der Waals surface area contributed by atoms with E-state index >= 15 is 0 Å². The molecule has 0 aliphatic rings. The zero-order valence-corrected chi connectivity index (χ0v) is 10.8. The van der Waals surface area contributed by atoms with E-state index < -0.39 is 28.0 Å². The molecule has 0 fully saturated rings. The summed E-state index contributed by atoms with van der Waals surface area (Å²) in [4.78, 5) is 24.9. The summed E-state index contributed by atoms with van der Waals surface area (Å²) in [6.07, 6.45) is 3.01. The average Bonchev–Trinajstić information content (AvgIpc) is 2.37. The van der Waals surface area contributed by atoms with E-state index in [1.54, 1.807) is 19.2 Å². The predicted molar refractivity (Wildman–Crippen MR) is 72.3 cm³/mol. The Hall–Kier alpha value is -3.03. The summed E-state index contributed by atoms with van der Waals surface area (Å²) in [6, 6.07) is 3.13. The highest BCUT2D eigenvalue weighted by Gasteiger charge is 2.22. The molecule has 1 aromatic heterocycles. The van der Waals surface area contributed by atoms with Gasteiger partial charge in [0.05, 0.1) is 16.8 Å². The number of anilines is 2. The highest BCUT2D eigenvalue weighted by atomic mass is 19.1. The molecule has 8 heteroatoms. The molecule has 1 aromatic carbocycles. The number of nitro benzene ring substituents is 1. The van der Waals surface area contributed by atoms with Gasteiger partial charge in [0, 0.05) is 18.3 Å². The van der Waals surface area contributed by atoms with Gasteiger partial charge in [-0.25, -0.2) is 9.18 Å². The Kier molecular flexibility index (Phi) is 3.79. The number of hydrogen-bond donors (Lipinski definition) is 2. The number of rotatable bonds is 4. The Labute approximate surface area is 118 Å². The summed E-state index contributed by atoms with van der Waals surface area (Å²) < 4.78 is 13.7. The van der Waals surface area contributed by atoms with E-state index in [-0.39, 0.29) is 5.69 Å². The van der Waals surface area contributed by atoms with Crippen LogP contribution < -0.4 is 5.32 Å². The molecule has 2 N–H and O–H groups in total. The first-order chi connectivity index (χ1) is 9.88. The van der Waals surface area contributed by atoms with Crippen molar-refractivity contribution in [1.82, 2.24) is 4.98 Å². The first kappa shape index (κ1) is 14.4. The second-order valence-electron chi connectivity index (χ2n) is 4.29. The number of carbonyl (C=O) groups is 1. The van der Waals surface area contributed by atoms with Gasteiger partial charge in [-0.3, -0.25) is 15.1 Å². The van der Waals surface area contributed by atoms with E-state index in [1.165, 1.54) is 6.20 Å². The molecule has 7 nitrogen and oxygen atoms in total. The van der Waals surface area contributed by atoms with Crippen LogP contribution in [-0.4, -0.2) is 21.0 Å². The Morgan fingerprint density at radius 1 is 1.38 bits per heavy atom. The molecule has 0 radical (unpaired) electrons. The van der Waals surface area contributed by atoms with Crippen molar-refractivity contribution in [3.05, 3.63) is 57.7 Å². The number of aryl methyl sites for hydroxylation is 1. The zero-order valence-electron chi connectivity index (χ0n) is 10.8. The van der Waals surface area contributed by atoms with Crippen molar-refractivity contribution < 1.29 is 19.2 Å². The largest absolute Gasteiger partial charge is 0.478 e. The van der Waals surface area contributed by atoms with E-state index in [1.807, 2.05) is 0 Å². The van der Waals surface area contributed by atoms with Crippen molar-refractivity contribution in [2.45, 2.75) is 6.92 Å². The molecule has 21 heavy (non-hydrogen) atoms. The minimum Gasteiger partial charge on any atom is -0.478 e. The van der Waals surface area contributed by atoms with Crippen LogP contribution in [0.5, 0.6) is 0 Å². The van der Waals surface area contributed by atoms with E-state index in [0.29, 0.717) is 11.8 Å². The van der Waals surface area contributed by atoms with Crippen molar-refractivity contribution in [3.8, 4) is 0 Å². The Balaban J connectivity index is 2.50. The molecule has 2 aromatic rings. The molecule has 0 aliphatic heterocycles. The molecule has 0 saturated heterocycles. The van der Waals surface area contributed by atoms with Crippen molar-refractivity contribution in [2.24, 2.45) is 0 Å². The molecule has 108 valence electrons. The van der Waals surface area contributed by atoms with Gasteiger partial charge in [-0.1, -0.05) is 0 Å². The smallest absolute Gasteiger partial charge is 0.338 e. The number of benzene rings is 1. The van der Waals surface area contributed by atoms with Crippen LogP contribution in [0.25, 0.3) is 0 Å². The first-order valence-electron chi connectivity index (χ1n) is 5.78. The van der Waals surface area contributed by atoms with Crippen molar-refractivity contribution in [1.29, 1.82) is 0 Å². The molecule has 0 saturated carbocycles. The third kappa shape index (κ3) is 3.11. The lowest BCUT2D eigenvalue weighted by Gasteiger charge is -2.08. The molecular formula is C13H10FN3O4. The second-order valence-corrected chi connectivity index (χ2v) is 4.29. The van der Waals surface area contributed by atoms with E-state index in [2.05, 4.69) is 10.3 Å². The summed E-state index contributed by atoms with van der Waals surface area (Å²) in [5.74, 6) is -2.63. The molecule has 0 aliphatic carbocycles. The van der Waals surface area contributed by atoms with Crippen LogP contribution in [0.15, 0.2) is 30.6 Å². The van der Waals surface area contributed by atoms with Crippen LogP contribution in [0.3, 0.4) is 0 Å². The molecular weight excluding hydrogens is 281 g/mol. The third-order valence-corrected chi connectivity index (χ3v) is 2.67. The number of nitrogens with one attached hydrogen (secondary N) is 1. The molecule has 0 amide bonds. The lowest BCUT2D eigenvalue weighted by atomic mass is 10.1. The minimum atomic E-state index is -1.57. The van der Waals surface area contributed by atoms with Gasteiger partial charge in [-0.2, -0.15) is 0 Å². The number of carboxylic acid groups (broad SMARTS) is 1. The van der Waals surface area contributed by atoms with Crippen LogP contribution in [0.2, 0.25) is 0 Å². The number of nitro groups is 1. The van der Waals surface area contributed by atoms with Crippen molar-refractivity contribution in [3.63, 3.8) is 0 Å². The molecule has 1 heterocycles. The zero-order chi connectivity index (χ0) is 15.6. The van der Waals surface area contributed by atoms with E-state index in [4.69, 9.17) is 5.11 Å². The maximum Gasteiger partial charge on any atom is 0.338 e. The molecule has 0 unspecified atom stereocenters. The number of halogens is 1. The summed E-state index contributed by atoms with van der Waals surface area (Å²) in [7, 11) is 0. The Bertz CT molecular complexity index is 733. The summed E-state index contributed by atoms with van der Waals surface area (Å²) in [5.41, 5.74) is -0.189. The molecule has 0 bridgehead atoms. The standard InChI is InChI=1S/C13H10FN3O4/c1-7-2-8(6-15-5-7)16-11-4-10(14)9(13(18)19)3-12(11)17(20)21/h2-6,16H,1H3,(H,18,19). The first-order valence-corrected chi connectivity index (χ1v) is 5.78. The maximum atomic E-state index is 13.7. The fourth-order valence-electron chi connectivity index (χ4n) is 1.76. The lowest BCUT2D eigenvalue weighted by molar-refractivity contribution is -0.384. The van der Waals surface area contributed by atoms with Gasteiger partial charge in [0.2, 0.25) is 0 Å². The fourth-order valence-corrected chi connectivity index (χ4v) is 1.76. The molecule has 0 atom stereocenters. The minimum absolute atomic E-state index is 0.144. The summed E-state index contributed by atoms with van der Waals surface area (Å²) in [5, 5.41) is 22.5. The van der Waals surface area contributed by atoms with Crippen molar-refractivity contribution in [2.75, 3.05) is 5.32 Å².